The van der Waals surface area contributed by atoms with Crippen molar-refractivity contribution in [3.63, 3.8) is 0 Å². The molecule has 3 nitrogen and oxygen atoms in total. The highest BCUT2D eigenvalue weighted by Gasteiger charge is 2.09. The fraction of sp³-hybridized carbons (Fsp3) is 0.529. The summed E-state index contributed by atoms with van der Waals surface area (Å²) in [6.07, 6.45) is 1.19. The van der Waals surface area contributed by atoms with Crippen molar-refractivity contribution in [2.75, 3.05) is 26.2 Å². The molecule has 0 unspecified atom stereocenters. The number of rotatable bonds is 8. The highest BCUT2D eigenvalue weighted by Crippen LogP contribution is 2.24. The molecule has 110 valence electrons. The van der Waals surface area contributed by atoms with Crippen molar-refractivity contribution >= 4 is 11.0 Å². The average molecular weight is 274 g/mol. The first-order valence-electron chi connectivity index (χ1n) is 7.66. The molecule has 0 spiro atoms. The van der Waals surface area contributed by atoms with Gasteiger partial charge in [-0.2, -0.15) is 0 Å². The van der Waals surface area contributed by atoms with Gasteiger partial charge in [-0.15, -0.1) is 0 Å². The van der Waals surface area contributed by atoms with Gasteiger partial charge in [0.25, 0.3) is 0 Å². The van der Waals surface area contributed by atoms with E-state index in [0.717, 1.165) is 37.5 Å². The van der Waals surface area contributed by atoms with Crippen molar-refractivity contribution in [1.29, 1.82) is 0 Å². The minimum absolute atomic E-state index is 0.890. The van der Waals surface area contributed by atoms with Crippen molar-refractivity contribution in [3.8, 4) is 0 Å². The summed E-state index contributed by atoms with van der Waals surface area (Å²) in [5.74, 6) is 1.03. The lowest BCUT2D eigenvalue weighted by atomic mass is 10.1. The smallest absolute Gasteiger partial charge is 0.134 e. The quantitative estimate of drug-likeness (QED) is 0.746. The van der Waals surface area contributed by atoms with Crippen LogP contribution in [0.15, 0.2) is 28.7 Å². The SMILES string of the molecule is CCN(CC)CCCNCc1c(C)oc2ccccc12. The summed E-state index contributed by atoms with van der Waals surface area (Å²) in [5.41, 5.74) is 2.29. The Labute approximate surface area is 122 Å². The molecular formula is C17H26N2O. The third kappa shape index (κ3) is 3.62. The van der Waals surface area contributed by atoms with E-state index in [1.165, 1.54) is 23.9 Å². The van der Waals surface area contributed by atoms with Crippen LogP contribution in [-0.4, -0.2) is 31.1 Å². The number of aryl methyl sites for hydroxylation is 1. The molecule has 0 radical (unpaired) electrons. The molecule has 0 aliphatic heterocycles. The molecule has 3 heteroatoms. The van der Waals surface area contributed by atoms with E-state index in [1.54, 1.807) is 0 Å². The molecule has 0 atom stereocenters. The summed E-state index contributed by atoms with van der Waals surface area (Å²) in [6.45, 7) is 11.9. The van der Waals surface area contributed by atoms with Crippen LogP contribution in [0, 0.1) is 6.92 Å². The van der Waals surface area contributed by atoms with Crippen LogP contribution in [0.5, 0.6) is 0 Å². The van der Waals surface area contributed by atoms with Gasteiger partial charge < -0.3 is 14.6 Å². The van der Waals surface area contributed by atoms with Gasteiger partial charge in [0.2, 0.25) is 0 Å². The molecule has 1 aromatic carbocycles. The largest absolute Gasteiger partial charge is 0.461 e. The van der Waals surface area contributed by atoms with E-state index in [0.29, 0.717) is 0 Å². The fourth-order valence-electron chi connectivity index (χ4n) is 2.62. The number of hydrogen-bond donors (Lipinski definition) is 1. The summed E-state index contributed by atoms with van der Waals surface area (Å²) in [4.78, 5) is 2.46. The van der Waals surface area contributed by atoms with Crippen molar-refractivity contribution in [2.24, 2.45) is 0 Å². The van der Waals surface area contributed by atoms with E-state index in [9.17, 15) is 0 Å². The average Bonchev–Trinajstić information content (AvgIpc) is 2.79. The summed E-state index contributed by atoms with van der Waals surface area (Å²) in [7, 11) is 0. The van der Waals surface area contributed by atoms with Gasteiger partial charge in [-0.3, -0.25) is 0 Å². The van der Waals surface area contributed by atoms with Crippen molar-refractivity contribution in [2.45, 2.75) is 33.7 Å². The maximum absolute atomic E-state index is 5.78. The first kappa shape index (κ1) is 15.1. The van der Waals surface area contributed by atoms with Gasteiger partial charge in [-0.1, -0.05) is 32.0 Å². The predicted molar refractivity (Wildman–Crippen MR) is 85.1 cm³/mol. The highest BCUT2D eigenvalue weighted by atomic mass is 16.3. The number of nitrogens with one attached hydrogen (secondary N) is 1. The van der Waals surface area contributed by atoms with Crippen LogP contribution in [-0.2, 0) is 6.54 Å². The third-order valence-corrected chi connectivity index (χ3v) is 3.92. The van der Waals surface area contributed by atoms with E-state index in [1.807, 2.05) is 19.1 Å². The van der Waals surface area contributed by atoms with E-state index in [2.05, 4.69) is 36.2 Å². The lowest BCUT2D eigenvalue weighted by molar-refractivity contribution is 0.298. The Balaban J connectivity index is 1.83. The van der Waals surface area contributed by atoms with Gasteiger partial charge in [0, 0.05) is 17.5 Å². The number of para-hydroxylation sites is 1. The van der Waals surface area contributed by atoms with Crippen LogP contribution in [0.3, 0.4) is 0 Å². The molecule has 0 bridgehead atoms. The lowest BCUT2D eigenvalue weighted by Crippen LogP contribution is -2.27. The molecule has 0 fully saturated rings. The Kier molecular flexibility index (Phi) is 5.62. The second-order valence-electron chi connectivity index (χ2n) is 5.19. The van der Waals surface area contributed by atoms with Gasteiger partial charge in [-0.25, -0.2) is 0 Å². The Morgan fingerprint density at radius 1 is 1.15 bits per heavy atom. The number of furan rings is 1. The molecule has 0 aliphatic carbocycles. The van der Waals surface area contributed by atoms with Crippen molar-refractivity contribution in [3.05, 3.63) is 35.6 Å². The number of benzene rings is 1. The van der Waals surface area contributed by atoms with Crippen molar-refractivity contribution < 1.29 is 4.42 Å². The molecule has 20 heavy (non-hydrogen) atoms. The van der Waals surface area contributed by atoms with Gasteiger partial charge in [0.15, 0.2) is 0 Å². The molecule has 1 heterocycles. The summed E-state index contributed by atoms with van der Waals surface area (Å²) in [6, 6.07) is 8.26. The Morgan fingerprint density at radius 3 is 2.65 bits per heavy atom. The summed E-state index contributed by atoms with van der Waals surface area (Å²) >= 11 is 0. The van der Waals surface area contributed by atoms with Gasteiger partial charge >= 0.3 is 0 Å². The van der Waals surface area contributed by atoms with E-state index in [4.69, 9.17) is 4.42 Å². The molecule has 2 aromatic rings. The molecular weight excluding hydrogens is 248 g/mol. The van der Waals surface area contributed by atoms with E-state index < -0.39 is 0 Å². The molecule has 1 aromatic heterocycles. The zero-order valence-corrected chi connectivity index (χ0v) is 12.9. The fourth-order valence-corrected chi connectivity index (χ4v) is 2.62. The standard InChI is InChI=1S/C17H26N2O/c1-4-19(5-2)12-8-11-18-13-16-14(3)20-17-10-7-6-9-15(16)17/h6-7,9-10,18H,4-5,8,11-13H2,1-3H3. The third-order valence-electron chi connectivity index (χ3n) is 3.92. The lowest BCUT2D eigenvalue weighted by Gasteiger charge is -2.17. The van der Waals surface area contributed by atoms with Crippen LogP contribution in [0.2, 0.25) is 0 Å². The molecule has 0 saturated heterocycles. The van der Waals surface area contributed by atoms with Gasteiger partial charge in [0.05, 0.1) is 0 Å². The van der Waals surface area contributed by atoms with E-state index >= 15 is 0 Å². The number of fused-ring (bicyclic) bond motifs is 1. The second-order valence-corrected chi connectivity index (χ2v) is 5.19. The molecule has 0 amide bonds. The predicted octanol–water partition coefficient (Wildman–Crippen LogP) is 3.56. The monoisotopic (exact) mass is 274 g/mol. The zero-order chi connectivity index (χ0) is 14.4. The first-order chi connectivity index (χ1) is 9.76. The van der Waals surface area contributed by atoms with Crippen LogP contribution in [0.1, 0.15) is 31.6 Å². The van der Waals surface area contributed by atoms with Gasteiger partial charge in [0.1, 0.15) is 11.3 Å². The van der Waals surface area contributed by atoms with Crippen molar-refractivity contribution in [1.82, 2.24) is 10.2 Å². The van der Waals surface area contributed by atoms with Crippen LogP contribution in [0.4, 0.5) is 0 Å². The molecule has 2 rings (SSSR count). The maximum atomic E-state index is 5.78. The Bertz CT molecular complexity index is 529. The topological polar surface area (TPSA) is 28.4 Å². The van der Waals surface area contributed by atoms with Crippen LogP contribution in [0.25, 0.3) is 11.0 Å². The summed E-state index contributed by atoms with van der Waals surface area (Å²) in [5, 5.41) is 4.77. The Hall–Kier alpha value is -1.32. The molecule has 0 aliphatic rings. The summed E-state index contributed by atoms with van der Waals surface area (Å²) < 4.78 is 5.78. The number of nitrogens with zero attached hydrogens (tertiary/aromatic N) is 1. The number of hydrogen-bond acceptors (Lipinski definition) is 3. The van der Waals surface area contributed by atoms with E-state index in [-0.39, 0.29) is 0 Å². The normalized spacial score (nSPS) is 11.6. The molecule has 0 saturated carbocycles. The maximum Gasteiger partial charge on any atom is 0.134 e. The highest BCUT2D eigenvalue weighted by molar-refractivity contribution is 5.82. The first-order valence-corrected chi connectivity index (χ1v) is 7.66. The minimum Gasteiger partial charge on any atom is -0.461 e. The zero-order valence-electron chi connectivity index (χ0n) is 12.9. The van der Waals surface area contributed by atoms with Crippen LogP contribution >= 0.6 is 0 Å². The minimum atomic E-state index is 0.890. The Morgan fingerprint density at radius 2 is 1.90 bits per heavy atom. The van der Waals surface area contributed by atoms with Gasteiger partial charge in [-0.05, 0) is 45.6 Å². The molecule has 1 N–H and O–H groups in total. The van der Waals surface area contributed by atoms with Crippen LogP contribution < -0.4 is 5.32 Å². The second kappa shape index (κ2) is 7.46.